The zero-order valence-corrected chi connectivity index (χ0v) is 9.61. The van der Waals surface area contributed by atoms with Crippen molar-refractivity contribution in [2.75, 3.05) is 6.61 Å². The topological polar surface area (TPSA) is 48.4 Å². The second-order valence-corrected chi connectivity index (χ2v) is 4.22. The largest absolute Gasteiger partial charge is 0.493 e. The molecule has 17 heavy (non-hydrogen) atoms. The van der Waals surface area contributed by atoms with Gasteiger partial charge in [0.2, 0.25) is 0 Å². The van der Waals surface area contributed by atoms with E-state index >= 15 is 0 Å². The first-order chi connectivity index (χ1) is 8.38. The Labute approximate surface area is 100 Å². The molecule has 2 heterocycles. The molecule has 1 aromatic heterocycles. The molecule has 0 saturated carbocycles. The minimum atomic E-state index is 0.426. The van der Waals surface area contributed by atoms with Crippen molar-refractivity contribution in [2.45, 2.75) is 19.4 Å². The predicted octanol–water partition coefficient (Wildman–Crippen LogP) is 2.73. The van der Waals surface area contributed by atoms with Gasteiger partial charge in [0.1, 0.15) is 17.3 Å². The minimum absolute atomic E-state index is 0.426. The Morgan fingerprint density at radius 2 is 2.12 bits per heavy atom. The lowest BCUT2D eigenvalue weighted by molar-refractivity contribution is 0.289. The smallest absolute Gasteiger partial charge is 0.138 e. The van der Waals surface area contributed by atoms with E-state index in [1.807, 2.05) is 24.3 Å². The van der Waals surface area contributed by atoms with Crippen LogP contribution in [0, 0.1) is 0 Å². The van der Waals surface area contributed by atoms with Crippen LogP contribution >= 0.6 is 0 Å². The third-order valence-electron chi connectivity index (χ3n) is 3.06. The van der Waals surface area contributed by atoms with Gasteiger partial charge in [-0.25, -0.2) is 0 Å². The molecule has 0 fully saturated rings. The van der Waals surface area contributed by atoms with E-state index in [1.165, 1.54) is 5.56 Å². The Balaban J connectivity index is 2.07. The third-order valence-corrected chi connectivity index (χ3v) is 3.06. The highest BCUT2D eigenvalue weighted by Crippen LogP contribution is 2.36. The summed E-state index contributed by atoms with van der Waals surface area (Å²) in [6.07, 6.45) is 2.16. The highest BCUT2D eigenvalue weighted by molar-refractivity contribution is 5.68. The van der Waals surface area contributed by atoms with Crippen LogP contribution in [-0.4, -0.2) is 6.61 Å². The molecule has 2 N–H and O–H groups in total. The number of fused-ring (bicyclic) bond motifs is 1. The normalized spacial score (nSPS) is 14.2. The van der Waals surface area contributed by atoms with Crippen LogP contribution in [0.1, 0.15) is 17.7 Å². The summed E-state index contributed by atoms with van der Waals surface area (Å²) in [5, 5.41) is 0. The summed E-state index contributed by atoms with van der Waals surface area (Å²) in [5.41, 5.74) is 7.85. The van der Waals surface area contributed by atoms with Gasteiger partial charge in [-0.3, -0.25) is 0 Å². The van der Waals surface area contributed by atoms with Gasteiger partial charge in [-0.05, 0) is 36.6 Å². The molecule has 2 aromatic rings. The summed E-state index contributed by atoms with van der Waals surface area (Å²) >= 11 is 0. The van der Waals surface area contributed by atoms with E-state index in [4.69, 9.17) is 14.9 Å². The average molecular weight is 229 g/mol. The van der Waals surface area contributed by atoms with Crippen LogP contribution < -0.4 is 10.5 Å². The number of para-hydroxylation sites is 1. The summed E-state index contributed by atoms with van der Waals surface area (Å²) in [7, 11) is 0. The molecule has 88 valence electrons. The molecule has 0 amide bonds. The Kier molecular flexibility index (Phi) is 2.61. The van der Waals surface area contributed by atoms with Crippen LogP contribution in [0.25, 0.3) is 11.3 Å². The average Bonchev–Trinajstić information content (AvgIpc) is 2.87. The second kappa shape index (κ2) is 4.26. The molecule has 0 radical (unpaired) electrons. The Morgan fingerprint density at radius 1 is 1.18 bits per heavy atom. The minimum Gasteiger partial charge on any atom is -0.493 e. The number of furan rings is 1. The van der Waals surface area contributed by atoms with Crippen molar-refractivity contribution in [1.29, 1.82) is 0 Å². The highest BCUT2D eigenvalue weighted by atomic mass is 16.5. The van der Waals surface area contributed by atoms with E-state index < -0.39 is 0 Å². The zero-order valence-electron chi connectivity index (χ0n) is 9.61. The Bertz CT molecular complexity index is 531. The SMILES string of the molecule is NCc1ccc(-c2cccc3c2OCCC3)o1. The first-order valence-corrected chi connectivity index (χ1v) is 5.92. The molecule has 0 spiro atoms. The van der Waals surface area contributed by atoms with Gasteiger partial charge >= 0.3 is 0 Å². The maximum Gasteiger partial charge on any atom is 0.138 e. The van der Waals surface area contributed by atoms with E-state index in [0.29, 0.717) is 6.54 Å². The van der Waals surface area contributed by atoms with Crippen molar-refractivity contribution in [2.24, 2.45) is 5.73 Å². The highest BCUT2D eigenvalue weighted by Gasteiger charge is 2.17. The summed E-state index contributed by atoms with van der Waals surface area (Å²) in [6.45, 7) is 1.21. The summed E-state index contributed by atoms with van der Waals surface area (Å²) in [5.74, 6) is 2.61. The van der Waals surface area contributed by atoms with Crippen LogP contribution in [0.3, 0.4) is 0 Å². The third kappa shape index (κ3) is 1.83. The van der Waals surface area contributed by atoms with Crippen molar-refractivity contribution in [1.82, 2.24) is 0 Å². The lowest BCUT2D eigenvalue weighted by Crippen LogP contribution is -2.09. The van der Waals surface area contributed by atoms with Crippen LogP contribution in [0.15, 0.2) is 34.7 Å². The maximum atomic E-state index is 5.76. The second-order valence-electron chi connectivity index (χ2n) is 4.22. The van der Waals surface area contributed by atoms with Gasteiger partial charge in [-0.15, -0.1) is 0 Å². The number of rotatable bonds is 2. The Hall–Kier alpha value is -1.74. The summed E-state index contributed by atoms with van der Waals surface area (Å²) in [4.78, 5) is 0. The molecule has 0 saturated heterocycles. The van der Waals surface area contributed by atoms with Crippen LogP contribution in [0.5, 0.6) is 5.75 Å². The molecule has 3 nitrogen and oxygen atoms in total. The van der Waals surface area contributed by atoms with Gasteiger partial charge in [-0.1, -0.05) is 12.1 Å². The summed E-state index contributed by atoms with van der Waals surface area (Å²) in [6, 6.07) is 10.1. The van der Waals surface area contributed by atoms with E-state index in [-0.39, 0.29) is 0 Å². The molecule has 0 unspecified atom stereocenters. The fraction of sp³-hybridized carbons (Fsp3) is 0.286. The van der Waals surface area contributed by atoms with Gasteiger partial charge in [0.15, 0.2) is 0 Å². The number of ether oxygens (including phenoxy) is 1. The number of aryl methyl sites for hydroxylation is 1. The van der Waals surface area contributed by atoms with Crippen molar-refractivity contribution in [3.05, 3.63) is 41.7 Å². The number of benzene rings is 1. The van der Waals surface area contributed by atoms with E-state index in [1.54, 1.807) is 0 Å². The van der Waals surface area contributed by atoms with Crippen molar-refractivity contribution in [3.63, 3.8) is 0 Å². The number of nitrogens with two attached hydrogens (primary N) is 1. The van der Waals surface area contributed by atoms with Gasteiger partial charge in [0, 0.05) is 0 Å². The van der Waals surface area contributed by atoms with Crippen molar-refractivity contribution in [3.8, 4) is 17.1 Å². The zero-order chi connectivity index (χ0) is 11.7. The molecule has 0 aliphatic carbocycles. The maximum absolute atomic E-state index is 5.76. The molecule has 3 heteroatoms. The first kappa shape index (κ1) is 10.4. The van der Waals surface area contributed by atoms with Crippen LogP contribution in [-0.2, 0) is 13.0 Å². The van der Waals surface area contributed by atoms with Crippen LogP contribution in [0.2, 0.25) is 0 Å². The van der Waals surface area contributed by atoms with Gasteiger partial charge < -0.3 is 14.9 Å². The predicted molar refractivity (Wildman–Crippen MR) is 65.9 cm³/mol. The standard InChI is InChI=1S/C14H15NO2/c15-9-11-6-7-13(17-11)12-5-1-3-10-4-2-8-16-14(10)12/h1,3,5-7H,2,4,8-9,15H2. The quantitative estimate of drug-likeness (QED) is 0.861. The van der Waals surface area contributed by atoms with Crippen LogP contribution in [0.4, 0.5) is 0 Å². The van der Waals surface area contributed by atoms with Gasteiger partial charge in [0.05, 0.1) is 18.7 Å². The molecule has 0 bridgehead atoms. The van der Waals surface area contributed by atoms with E-state index in [9.17, 15) is 0 Å². The summed E-state index contributed by atoms with van der Waals surface area (Å²) < 4.78 is 11.4. The molecule has 0 atom stereocenters. The lowest BCUT2D eigenvalue weighted by Gasteiger charge is -2.19. The fourth-order valence-electron chi connectivity index (χ4n) is 2.22. The number of hydrogen-bond acceptors (Lipinski definition) is 3. The van der Waals surface area contributed by atoms with E-state index in [0.717, 1.165) is 42.3 Å². The van der Waals surface area contributed by atoms with Gasteiger partial charge in [-0.2, -0.15) is 0 Å². The molecule has 1 aliphatic heterocycles. The van der Waals surface area contributed by atoms with Crippen molar-refractivity contribution >= 4 is 0 Å². The number of hydrogen-bond donors (Lipinski definition) is 1. The molecule has 1 aromatic carbocycles. The lowest BCUT2D eigenvalue weighted by atomic mass is 10.0. The monoisotopic (exact) mass is 229 g/mol. The fourth-order valence-corrected chi connectivity index (χ4v) is 2.22. The first-order valence-electron chi connectivity index (χ1n) is 5.92. The van der Waals surface area contributed by atoms with Crippen molar-refractivity contribution < 1.29 is 9.15 Å². The molecule has 3 rings (SSSR count). The molecule has 1 aliphatic rings. The Morgan fingerprint density at radius 3 is 2.94 bits per heavy atom. The molecular formula is C14H15NO2. The molecular weight excluding hydrogens is 214 g/mol. The van der Waals surface area contributed by atoms with Gasteiger partial charge in [0.25, 0.3) is 0 Å². The van der Waals surface area contributed by atoms with E-state index in [2.05, 4.69) is 6.07 Å².